The number of ether oxygens (including phenoxy) is 1. The molecule has 0 spiro atoms. The van der Waals surface area contributed by atoms with Crippen LogP contribution < -0.4 is 10.1 Å². The summed E-state index contributed by atoms with van der Waals surface area (Å²) in [6.45, 7) is 7.73. The highest BCUT2D eigenvalue weighted by Crippen LogP contribution is 2.32. The minimum atomic E-state index is -4.56. The van der Waals surface area contributed by atoms with Crippen LogP contribution in [0, 0.1) is 12.8 Å². The monoisotopic (exact) mass is 450 g/mol. The minimum Gasteiger partial charge on any atom is -0.491 e. The van der Waals surface area contributed by atoms with Crippen LogP contribution in [0.3, 0.4) is 0 Å². The van der Waals surface area contributed by atoms with Gasteiger partial charge >= 0.3 is 12.3 Å². The third-order valence-corrected chi connectivity index (χ3v) is 4.95. The van der Waals surface area contributed by atoms with Gasteiger partial charge in [-0.3, -0.25) is 0 Å². The molecule has 1 aromatic carbocycles. The number of hydrogen-bond donors (Lipinski definition) is 2. The number of carbonyl (C=O) groups is 1. The topological polar surface area (TPSA) is 88.8 Å². The van der Waals surface area contributed by atoms with Gasteiger partial charge in [0.15, 0.2) is 11.3 Å². The zero-order chi connectivity index (χ0) is 23.7. The minimum absolute atomic E-state index is 0.100. The van der Waals surface area contributed by atoms with E-state index < -0.39 is 23.5 Å². The number of amides is 1. The number of rotatable bonds is 7. The van der Waals surface area contributed by atoms with Gasteiger partial charge in [0.05, 0.1) is 11.7 Å². The molecule has 3 aromatic rings. The Hall–Kier alpha value is -3.30. The first-order valence-electron chi connectivity index (χ1n) is 10.0. The molecule has 1 atom stereocenters. The molecule has 0 saturated carbocycles. The molecule has 32 heavy (non-hydrogen) atoms. The average Bonchev–Trinajstić information content (AvgIpc) is 3.10. The van der Waals surface area contributed by atoms with E-state index in [1.54, 1.807) is 31.2 Å². The molecule has 2 heterocycles. The second-order valence-corrected chi connectivity index (χ2v) is 8.49. The molecule has 0 bridgehead atoms. The smallest absolute Gasteiger partial charge is 0.434 e. The highest BCUT2D eigenvalue weighted by molar-refractivity contribution is 5.78. The van der Waals surface area contributed by atoms with Crippen LogP contribution in [0.2, 0.25) is 0 Å². The molecule has 3 rings (SSSR count). The molecule has 0 saturated heterocycles. The van der Waals surface area contributed by atoms with Crippen molar-refractivity contribution in [3.63, 3.8) is 0 Å². The molecular weight excluding hydrogens is 425 g/mol. The molecule has 0 aliphatic heterocycles. The molecule has 172 valence electrons. The van der Waals surface area contributed by atoms with Gasteiger partial charge in [0.1, 0.15) is 12.4 Å². The summed E-state index contributed by atoms with van der Waals surface area (Å²) in [5.41, 5.74) is 0.235. The van der Waals surface area contributed by atoms with E-state index in [0.29, 0.717) is 23.3 Å². The predicted octanol–water partition coefficient (Wildman–Crippen LogP) is 5.17. The molecule has 0 fully saturated rings. The zero-order valence-corrected chi connectivity index (χ0v) is 18.2. The van der Waals surface area contributed by atoms with Gasteiger partial charge in [-0.15, -0.1) is 0 Å². The summed E-state index contributed by atoms with van der Waals surface area (Å²) in [7, 11) is 0. The first-order valence-corrected chi connectivity index (χ1v) is 10.0. The van der Waals surface area contributed by atoms with Crippen LogP contribution in [-0.2, 0) is 6.18 Å². The molecule has 7 nitrogen and oxygen atoms in total. The van der Waals surface area contributed by atoms with Gasteiger partial charge in [-0.1, -0.05) is 19.9 Å². The second kappa shape index (κ2) is 8.68. The second-order valence-electron chi connectivity index (χ2n) is 8.49. The Bertz CT molecular complexity index is 1130. The van der Waals surface area contributed by atoms with Crippen LogP contribution in [0.15, 0.2) is 36.7 Å². The Balaban J connectivity index is 1.87. The van der Waals surface area contributed by atoms with E-state index >= 15 is 0 Å². The lowest BCUT2D eigenvalue weighted by Crippen LogP contribution is -2.50. The van der Waals surface area contributed by atoms with Crippen molar-refractivity contribution in [3.8, 4) is 16.9 Å². The number of carboxylic acid groups (broad SMARTS) is 1. The molecule has 0 aliphatic carbocycles. The molecule has 10 heteroatoms. The quantitative estimate of drug-likeness (QED) is 0.518. The molecule has 1 unspecified atom stereocenters. The Morgan fingerprint density at radius 2 is 2.00 bits per heavy atom. The van der Waals surface area contributed by atoms with Gasteiger partial charge < -0.3 is 15.2 Å². The van der Waals surface area contributed by atoms with E-state index in [9.17, 15) is 18.0 Å². The maximum absolute atomic E-state index is 13.1. The Morgan fingerprint density at radius 1 is 1.28 bits per heavy atom. The van der Waals surface area contributed by atoms with Crippen molar-refractivity contribution < 1.29 is 27.8 Å². The van der Waals surface area contributed by atoms with Gasteiger partial charge in [-0.05, 0) is 55.5 Å². The lowest BCUT2D eigenvalue weighted by atomic mass is 9.91. The Morgan fingerprint density at radius 3 is 2.59 bits per heavy atom. The number of nitrogens with zero attached hydrogens (tertiary/aromatic N) is 3. The van der Waals surface area contributed by atoms with E-state index in [-0.39, 0.29) is 18.2 Å². The molecule has 0 radical (unpaired) electrons. The van der Waals surface area contributed by atoms with Crippen LogP contribution in [-0.4, -0.2) is 37.9 Å². The maximum atomic E-state index is 13.1. The van der Waals surface area contributed by atoms with Crippen molar-refractivity contribution in [3.05, 3.63) is 47.9 Å². The number of aryl methyl sites for hydroxylation is 1. The van der Waals surface area contributed by atoms with Crippen LogP contribution in [0.5, 0.6) is 5.75 Å². The van der Waals surface area contributed by atoms with Gasteiger partial charge in [0.25, 0.3) is 0 Å². The van der Waals surface area contributed by atoms with Crippen LogP contribution in [0.1, 0.15) is 38.4 Å². The molecule has 0 aliphatic rings. The summed E-state index contributed by atoms with van der Waals surface area (Å²) in [4.78, 5) is 14.9. The number of fused-ring (bicyclic) bond motifs is 1. The maximum Gasteiger partial charge on any atom is 0.434 e. The molecule has 1 amide bonds. The van der Waals surface area contributed by atoms with Gasteiger partial charge in [-0.2, -0.15) is 18.3 Å². The van der Waals surface area contributed by atoms with E-state index in [2.05, 4.69) is 15.4 Å². The van der Waals surface area contributed by atoms with E-state index in [4.69, 9.17) is 9.84 Å². The number of nitrogens with one attached hydrogen (secondary N) is 1. The number of hydrogen-bond acceptors (Lipinski definition) is 4. The summed E-state index contributed by atoms with van der Waals surface area (Å²) in [6, 6.07) is 6.83. The van der Waals surface area contributed by atoms with Crippen molar-refractivity contribution in [1.29, 1.82) is 0 Å². The van der Waals surface area contributed by atoms with Gasteiger partial charge in [-0.25, -0.2) is 14.3 Å². The van der Waals surface area contributed by atoms with Crippen LogP contribution in [0.25, 0.3) is 16.8 Å². The van der Waals surface area contributed by atoms with Gasteiger partial charge in [0, 0.05) is 11.8 Å². The SMILES string of the molecule is Cc1cc(-c2ccnn3cc(C(F)(F)F)nc23)ccc1OCC(C)(CC(C)C)NC(=O)O. The number of halogens is 3. The largest absolute Gasteiger partial charge is 0.491 e. The van der Waals surface area contributed by atoms with Crippen LogP contribution >= 0.6 is 0 Å². The summed E-state index contributed by atoms with van der Waals surface area (Å²) in [6.07, 6.45) is -2.83. The summed E-state index contributed by atoms with van der Waals surface area (Å²) >= 11 is 0. The van der Waals surface area contributed by atoms with Crippen molar-refractivity contribution in [2.75, 3.05) is 6.61 Å². The number of imidazole rings is 1. The average molecular weight is 450 g/mol. The fourth-order valence-electron chi connectivity index (χ4n) is 3.78. The Labute approximate surface area is 183 Å². The van der Waals surface area contributed by atoms with E-state index in [0.717, 1.165) is 16.3 Å². The summed E-state index contributed by atoms with van der Waals surface area (Å²) < 4.78 is 46.2. The molecule has 2 aromatic heterocycles. The summed E-state index contributed by atoms with van der Waals surface area (Å²) in [5, 5.41) is 15.6. The standard InChI is InChI=1S/C22H25F3N4O3/c1-13(2)10-21(4,28-20(30)31)12-32-17-6-5-15(9-14(17)3)16-7-8-26-29-11-18(22(23,24)25)27-19(16)29/h5-9,11,13,28H,10,12H2,1-4H3,(H,30,31). The molecular formula is C22H25F3N4O3. The molecule has 2 N–H and O–H groups in total. The van der Waals surface area contributed by atoms with Crippen molar-refractivity contribution in [1.82, 2.24) is 19.9 Å². The lowest BCUT2D eigenvalue weighted by Gasteiger charge is -2.31. The first-order chi connectivity index (χ1) is 14.9. The highest BCUT2D eigenvalue weighted by atomic mass is 19.4. The number of benzene rings is 1. The van der Waals surface area contributed by atoms with Crippen molar-refractivity contribution in [2.24, 2.45) is 5.92 Å². The van der Waals surface area contributed by atoms with E-state index in [1.807, 2.05) is 20.8 Å². The van der Waals surface area contributed by atoms with Gasteiger partial charge in [0.2, 0.25) is 0 Å². The van der Waals surface area contributed by atoms with Crippen LogP contribution in [0.4, 0.5) is 18.0 Å². The zero-order valence-electron chi connectivity index (χ0n) is 18.2. The fourth-order valence-corrected chi connectivity index (χ4v) is 3.78. The third kappa shape index (κ3) is 5.30. The normalized spacial score (nSPS) is 13.9. The first kappa shape index (κ1) is 23.4. The summed E-state index contributed by atoms with van der Waals surface area (Å²) in [5.74, 6) is 0.810. The Kier molecular flexibility index (Phi) is 6.34. The highest BCUT2D eigenvalue weighted by Gasteiger charge is 2.34. The number of aromatic nitrogens is 3. The number of alkyl halides is 3. The fraction of sp³-hybridized carbons (Fsp3) is 0.409. The lowest BCUT2D eigenvalue weighted by molar-refractivity contribution is -0.140. The van der Waals surface area contributed by atoms with Crippen molar-refractivity contribution in [2.45, 2.75) is 45.8 Å². The van der Waals surface area contributed by atoms with Crippen molar-refractivity contribution >= 4 is 11.7 Å². The van der Waals surface area contributed by atoms with E-state index in [1.165, 1.54) is 6.20 Å². The predicted molar refractivity (Wildman–Crippen MR) is 113 cm³/mol. The third-order valence-electron chi connectivity index (χ3n) is 4.95.